The maximum absolute atomic E-state index is 9.00. The fourth-order valence-electron chi connectivity index (χ4n) is 3.95. The van der Waals surface area contributed by atoms with Crippen LogP contribution in [0.2, 0.25) is 0 Å². The van der Waals surface area contributed by atoms with E-state index in [1.54, 1.807) is 0 Å². The molecule has 0 fully saturated rings. The number of unbranched alkanes of at least 4 members (excludes halogenated alkanes) is 22. The third-order valence-electron chi connectivity index (χ3n) is 5.83. The van der Waals surface area contributed by atoms with Crippen LogP contribution in [0.4, 0.5) is 0 Å². The second-order valence-electron chi connectivity index (χ2n) is 9.12. The van der Waals surface area contributed by atoms with Gasteiger partial charge in [-0.05, 0) is 12.8 Å². The summed E-state index contributed by atoms with van der Waals surface area (Å²) in [5.41, 5.74) is 0. The first-order valence-corrected chi connectivity index (χ1v) is 13.6. The van der Waals surface area contributed by atoms with E-state index in [0.29, 0.717) is 0 Å². The van der Waals surface area contributed by atoms with Gasteiger partial charge in [0.25, 0.3) is 5.97 Å². The van der Waals surface area contributed by atoms with Gasteiger partial charge in [-0.2, -0.15) is 0 Å². The summed E-state index contributed by atoms with van der Waals surface area (Å²) in [7, 11) is 0. The lowest BCUT2D eigenvalue weighted by atomic mass is 10.0. The van der Waals surface area contributed by atoms with Crippen molar-refractivity contribution in [3.63, 3.8) is 0 Å². The highest BCUT2D eigenvalue weighted by Gasteiger charge is 1.95. The molecule has 0 rings (SSSR count). The molecule has 0 aromatic carbocycles. The predicted octanol–water partition coefficient (Wildman–Crippen LogP) is 10.1. The van der Waals surface area contributed by atoms with Gasteiger partial charge in [-0.3, -0.25) is 4.79 Å². The number of aliphatic hydroxyl groups excluding tert-OH is 1. The molecule has 0 aliphatic heterocycles. The van der Waals surface area contributed by atoms with Crippen LogP contribution < -0.4 is 0 Å². The lowest BCUT2D eigenvalue weighted by Crippen LogP contribution is -1.84. The van der Waals surface area contributed by atoms with Gasteiger partial charge in [0.15, 0.2) is 0 Å². The van der Waals surface area contributed by atoms with Crippen molar-refractivity contribution >= 4 is 5.97 Å². The number of rotatable bonds is 23. The van der Waals surface area contributed by atoms with E-state index in [-0.39, 0.29) is 0 Å². The van der Waals surface area contributed by atoms with Crippen LogP contribution >= 0.6 is 0 Å². The third kappa shape index (κ3) is 40.0. The number of aliphatic carboxylic acids is 1. The Kier molecular flexibility index (Phi) is 32.4. The lowest BCUT2D eigenvalue weighted by Gasteiger charge is -2.04. The van der Waals surface area contributed by atoms with Crippen LogP contribution in [0.3, 0.4) is 0 Å². The summed E-state index contributed by atoms with van der Waals surface area (Å²) in [5, 5.41) is 16.0. The summed E-state index contributed by atoms with van der Waals surface area (Å²) < 4.78 is 0. The molecule has 0 atom stereocenters. The summed E-state index contributed by atoms with van der Waals surface area (Å²) in [5.74, 6) is -0.833. The minimum absolute atomic E-state index is 0.833. The molecule has 186 valence electrons. The van der Waals surface area contributed by atoms with Crippen LogP contribution in [-0.2, 0) is 4.79 Å². The zero-order chi connectivity index (χ0) is 23.3. The van der Waals surface area contributed by atoms with Crippen molar-refractivity contribution in [1.82, 2.24) is 0 Å². The molecule has 2 N–H and O–H groups in total. The molecular formula is C28H56O3. The van der Waals surface area contributed by atoms with E-state index >= 15 is 0 Å². The second kappa shape index (κ2) is 31.2. The van der Waals surface area contributed by atoms with Gasteiger partial charge in [0.2, 0.25) is 0 Å². The number of aliphatic hydroxyl groups is 1. The number of allylic oxidation sites excluding steroid dienone is 1. The maximum atomic E-state index is 9.00. The predicted molar refractivity (Wildman–Crippen MR) is 137 cm³/mol. The molecular weight excluding hydrogens is 384 g/mol. The standard InChI is InChI=1S/C26H52O.C2H4O2/c1-2-3-4-5-6-7-8-9-10-11-12-13-14-15-16-17-18-19-20-21-22-23-24-25-26-27;1-2(3)4/h25-27H,2-24H2,1H3;1H3,(H,3,4). The van der Waals surface area contributed by atoms with Crippen molar-refractivity contribution in [3.8, 4) is 0 Å². The molecule has 0 amide bonds. The van der Waals surface area contributed by atoms with Crippen molar-refractivity contribution < 1.29 is 15.0 Å². The van der Waals surface area contributed by atoms with Gasteiger partial charge in [0.1, 0.15) is 0 Å². The highest BCUT2D eigenvalue weighted by molar-refractivity contribution is 5.62. The summed E-state index contributed by atoms with van der Waals surface area (Å²) in [4.78, 5) is 9.00. The average molecular weight is 441 g/mol. The van der Waals surface area contributed by atoms with E-state index in [1.807, 2.05) is 6.08 Å². The molecule has 0 radical (unpaired) electrons. The fraction of sp³-hybridized carbons (Fsp3) is 0.893. The van der Waals surface area contributed by atoms with E-state index in [9.17, 15) is 0 Å². The Balaban J connectivity index is 0. The number of hydrogen-bond acceptors (Lipinski definition) is 2. The number of carboxylic acid groups (broad SMARTS) is 1. The highest BCUT2D eigenvalue weighted by Crippen LogP contribution is 2.15. The lowest BCUT2D eigenvalue weighted by molar-refractivity contribution is -0.134. The Morgan fingerprint density at radius 3 is 1.00 bits per heavy atom. The first-order valence-electron chi connectivity index (χ1n) is 13.6. The van der Waals surface area contributed by atoms with Crippen LogP contribution in [-0.4, -0.2) is 16.2 Å². The minimum atomic E-state index is -0.833. The van der Waals surface area contributed by atoms with Crippen LogP contribution in [0, 0.1) is 0 Å². The Morgan fingerprint density at radius 2 is 0.774 bits per heavy atom. The maximum Gasteiger partial charge on any atom is 0.300 e. The van der Waals surface area contributed by atoms with Crippen molar-refractivity contribution in [2.75, 3.05) is 0 Å². The van der Waals surface area contributed by atoms with Crippen LogP contribution in [0.15, 0.2) is 12.3 Å². The monoisotopic (exact) mass is 440 g/mol. The van der Waals surface area contributed by atoms with Crippen molar-refractivity contribution in [3.05, 3.63) is 12.3 Å². The Hall–Kier alpha value is -0.990. The molecule has 0 saturated heterocycles. The van der Waals surface area contributed by atoms with E-state index in [1.165, 1.54) is 148 Å². The third-order valence-corrected chi connectivity index (χ3v) is 5.83. The summed E-state index contributed by atoms with van der Waals surface area (Å²) in [6.45, 7) is 3.38. The molecule has 0 spiro atoms. The van der Waals surface area contributed by atoms with Gasteiger partial charge in [-0.15, -0.1) is 0 Å². The number of carbonyl (C=O) groups is 1. The molecule has 0 heterocycles. The number of hydrogen-bond donors (Lipinski definition) is 2. The molecule has 0 aromatic heterocycles. The second-order valence-corrected chi connectivity index (χ2v) is 9.12. The smallest absolute Gasteiger partial charge is 0.300 e. The summed E-state index contributed by atoms with van der Waals surface area (Å²) in [6.07, 6.45) is 35.6. The molecule has 0 saturated carbocycles. The van der Waals surface area contributed by atoms with Crippen LogP contribution in [0.25, 0.3) is 0 Å². The van der Waals surface area contributed by atoms with Crippen molar-refractivity contribution in [2.24, 2.45) is 0 Å². The molecule has 0 aliphatic rings. The molecule has 0 unspecified atom stereocenters. The highest BCUT2D eigenvalue weighted by atomic mass is 16.4. The first kappa shape index (κ1) is 32.2. The molecule has 0 bridgehead atoms. The normalized spacial score (nSPS) is 10.9. The fourth-order valence-corrected chi connectivity index (χ4v) is 3.95. The van der Waals surface area contributed by atoms with Crippen LogP contribution in [0.5, 0.6) is 0 Å². The Labute approximate surface area is 195 Å². The number of carboxylic acids is 1. The van der Waals surface area contributed by atoms with Gasteiger partial charge in [0.05, 0.1) is 6.26 Å². The van der Waals surface area contributed by atoms with Gasteiger partial charge >= 0.3 is 0 Å². The van der Waals surface area contributed by atoms with Gasteiger partial charge in [-0.1, -0.05) is 148 Å². The topological polar surface area (TPSA) is 57.5 Å². The molecule has 3 heteroatoms. The Bertz CT molecular complexity index is 348. The van der Waals surface area contributed by atoms with Gasteiger partial charge < -0.3 is 10.2 Å². The molecule has 31 heavy (non-hydrogen) atoms. The molecule has 3 nitrogen and oxygen atoms in total. The molecule has 0 aliphatic carbocycles. The summed E-state index contributed by atoms with van der Waals surface area (Å²) in [6, 6.07) is 0. The SMILES string of the molecule is CC(=O)O.CCCCCCCCCCCCCCCCCCCCCCCCC=CO. The zero-order valence-electron chi connectivity index (χ0n) is 21.2. The first-order chi connectivity index (χ1) is 15.1. The quantitative estimate of drug-likeness (QED) is 0.123. The van der Waals surface area contributed by atoms with E-state index in [4.69, 9.17) is 15.0 Å². The average Bonchev–Trinajstić information content (AvgIpc) is 2.74. The van der Waals surface area contributed by atoms with Crippen molar-refractivity contribution in [1.29, 1.82) is 0 Å². The zero-order valence-corrected chi connectivity index (χ0v) is 21.2. The largest absolute Gasteiger partial charge is 0.516 e. The van der Waals surface area contributed by atoms with E-state index in [0.717, 1.165) is 13.3 Å². The molecule has 0 aromatic rings. The van der Waals surface area contributed by atoms with Crippen LogP contribution in [0.1, 0.15) is 162 Å². The van der Waals surface area contributed by atoms with E-state index < -0.39 is 5.97 Å². The Morgan fingerprint density at radius 1 is 0.548 bits per heavy atom. The van der Waals surface area contributed by atoms with E-state index in [2.05, 4.69) is 6.92 Å². The minimum Gasteiger partial charge on any atom is -0.516 e. The van der Waals surface area contributed by atoms with Gasteiger partial charge in [0, 0.05) is 6.92 Å². The van der Waals surface area contributed by atoms with Gasteiger partial charge in [-0.25, -0.2) is 0 Å². The summed E-state index contributed by atoms with van der Waals surface area (Å²) >= 11 is 0. The van der Waals surface area contributed by atoms with Crippen molar-refractivity contribution in [2.45, 2.75) is 162 Å².